The van der Waals surface area contributed by atoms with E-state index in [1.54, 1.807) is 0 Å². The number of para-hydroxylation sites is 1. The average molecular weight is 370 g/mol. The number of rotatable bonds is 3. The maximum atomic E-state index is 4.42. The van der Waals surface area contributed by atoms with E-state index in [0.29, 0.717) is 18.0 Å². The predicted molar refractivity (Wildman–Crippen MR) is 108 cm³/mol. The van der Waals surface area contributed by atoms with Crippen molar-refractivity contribution in [2.75, 3.05) is 0 Å². The van der Waals surface area contributed by atoms with Gasteiger partial charge in [0.1, 0.15) is 11.4 Å². The van der Waals surface area contributed by atoms with Gasteiger partial charge >= 0.3 is 0 Å². The van der Waals surface area contributed by atoms with E-state index in [9.17, 15) is 0 Å². The third-order valence-corrected chi connectivity index (χ3v) is 6.31. The number of benzene rings is 2. The summed E-state index contributed by atoms with van der Waals surface area (Å²) in [6.07, 6.45) is 7.14. The highest BCUT2D eigenvalue weighted by molar-refractivity contribution is 5.91. The molecule has 2 bridgehead atoms. The van der Waals surface area contributed by atoms with E-state index in [2.05, 4.69) is 50.1 Å². The third kappa shape index (κ3) is 2.64. The number of fused-ring (bicyclic) bond motifs is 3. The van der Waals surface area contributed by atoms with E-state index in [-0.39, 0.29) is 0 Å². The lowest BCUT2D eigenvalue weighted by atomic mass is 9.86. The molecule has 4 aromatic rings. The summed E-state index contributed by atoms with van der Waals surface area (Å²) in [5, 5.41) is 20.9. The highest BCUT2D eigenvalue weighted by Crippen LogP contribution is 2.37. The Bertz CT molecular complexity index is 1110. The van der Waals surface area contributed by atoms with E-state index < -0.39 is 0 Å². The topological polar surface area (TPSA) is 71.4 Å². The van der Waals surface area contributed by atoms with Crippen molar-refractivity contribution in [3.63, 3.8) is 0 Å². The van der Waals surface area contributed by atoms with Gasteiger partial charge in [0.25, 0.3) is 0 Å². The van der Waals surface area contributed by atoms with Crippen LogP contribution in [0.15, 0.2) is 54.7 Å². The summed E-state index contributed by atoms with van der Waals surface area (Å²) >= 11 is 0. The molecule has 2 aromatic carbocycles. The van der Waals surface area contributed by atoms with Crippen LogP contribution < -0.4 is 5.32 Å². The van der Waals surface area contributed by atoms with Crippen molar-refractivity contribution in [1.82, 2.24) is 30.5 Å². The number of nitrogens with one attached hydrogen (secondary N) is 2. The fourth-order valence-electron chi connectivity index (χ4n) is 4.89. The minimum absolute atomic E-state index is 0.675. The van der Waals surface area contributed by atoms with Crippen LogP contribution in [0.25, 0.3) is 28.0 Å². The minimum atomic E-state index is 0.675. The van der Waals surface area contributed by atoms with Gasteiger partial charge in [0.2, 0.25) is 0 Å². The summed E-state index contributed by atoms with van der Waals surface area (Å²) in [5.41, 5.74) is 5.09. The SMILES string of the molecule is c1ccc2c(-c3cn(-c4ccc([C@@H]5C[C@H]6CC[C@@H](C5)N6)cc4)nn3)n[nH]c2c1. The lowest BCUT2D eigenvalue weighted by Gasteiger charge is -2.29. The minimum Gasteiger partial charge on any atom is -0.311 e. The summed E-state index contributed by atoms with van der Waals surface area (Å²) < 4.78 is 1.83. The molecule has 2 aromatic heterocycles. The summed E-state index contributed by atoms with van der Waals surface area (Å²) in [7, 11) is 0. The monoisotopic (exact) mass is 370 g/mol. The molecule has 0 spiro atoms. The van der Waals surface area contributed by atoms with E-state index in [4.69, 9.17) is 0 Å². The molecule has 2 saturated heterocycles. The third-order valence-electron chi connectivity index (χ3n) is 6.31. The molecular formula is C22H22N6. The van der Waals surface area contributed by atoms with E-state index in [1.807, 2.05) is 35.1 Å². The van der Waals surface area contributed by atoms with Gasteiger partial charge in [0.15, 0.2) is 0 Å². The fraction of sp³-hybridized carbons (Fsp3) is 0.318. The second kappa shape index (κ2) is 6.27. The number of hydrogen-bond acceptors (Lipinski definition) is 4. The first-order valence-corrected chi connectivity index (χ1v) is 10.1. The van der Waals surface area contributed by atoms with Crippen molar-refractivity contribution >= 4 is 10.9 Å². The molecular weight excluding hydrogens is 348 g/mol. The molecule has 4 heterocycles. The number of H-pyrrole nitrogens is 1. The predicted octanol–water partition coefficient (Wildman–Crippen LogP) is 3.81. The molecule has 2 aliphatic rings. The highest BCUT2D eigenvalue weighted by Gasteiger charge is 2.33. The van der Waals surface area contributed by atoms with Crippen LogP contribution in [0.2, 0.25) is 0 Å². The maximum absolute atomic E-state index is 4.42. The summed E-state index contributed by atoms with van der Waals surface area (Å²) in [4.78, 5) is 0. The van der Waals surface area contributed by atoms with Gasteiger partial charge in [-0.1, -0.05) is 35.5 Å². The maximum Gasteiger partial charge on any atom is 0.134 e. The van der Waals surface area contributed by atoms with Crippen molar-refractivity contribution < 1.29 is 0 Å². The van der Waals surface area contributed by atoms with Crippen LogP contribution in [-0.4, -0.2) is 37.3 Å². The van der Waals surface area contributed by atoms with Crippen LogP contribution in [0.1, 0.15) is 37.2 Å². The first kappa shape index (κ1) is 16.0. The van der Waals surface area contributed by atoms with Crippen LogP contribution in [0, 0.1) is 0 Å². The van der Waals surface area contributed by atoms with Gasteiger partial charge in [-0.2, -0.15) is 5.10 Å². The van der Waals surface area contributed by atoms with Crippen molar-refractivity contribution in [2.45, 2.75) is 43.7 Å². The number of hydrogen-bond donors (Lipinski definition) is 2. The zero-order chi connectivity index (χ0) is 18.5. The van der Waals surface area contributed by atoms with Gasteiger partial charge in [0.05, 0.1) is 17.4 Å². The van der Waals surface area contributed by atoms with Gasteiger partial charge in [-0.05, 0) is 55.4 Å². The zero-order valence-electron chi connectivity index (χ0n) is 15.5. The number of piperidine rings is 1. The van der Waals surface area contributed by atoms with Gasteiger partial charge in [-0.25, -0.2) is 4.68 Å². The van der Waals surface area contributed by atoms with Gasteiger partial charge in [-0.15, -0.1) is 5.10 Å². The summed E-state index contributed by atoms with van der Waals surface area (Å²) in [5.74, 6) is 0.675. The molecule has 6 heteroatoms. The van der Waals surface area contributed by atoms with Crippen molar-refractivity contribution in [2.24, 2.45) is 0 Å². The molecule has 3 atom stereocenters. The molecule has 2 fully saturated rings. The van der Waals surface area contributed by atoms with Crippen LogP contribution >= 0.6 is 0 Å². The Hall–Kier alpha value is -2.99. The molecule has 140 valence electrons. The Kier molecular flexibility index (Phi) is 3.59. The van der Waals surface area contributed by atoms with Crippen LogP contribution in [-0.2, 0) is 0 Å². The molecule has 6 nitrogen and oxygen atoms in total. The first-order valence-electron chi connectivity index (χ1n) is 10.1. The summed E-state index contributed by atoms with van der Waals surface area (Å²) in [6, 6.07) is 18.3. The molecule has 2 aliphatic heterocycles. The summed E-state index contributed by atoms with van der Waals surface area (Å²) in [6.45, 7) is 0. The van der Waals surface area contributed by atoms with Gasteiger partial charge in [-0.3, -0.25) is 5.10 Å². The Labute approximate surface area is 163 Å². The molecule has 0 aliphatic carbocycles. The second-order valence-electron chi connectivity index (χ2n) is 8.06. The quantitative estimate of drug-likeness (QED) is 0.575. The van der Waals surface area contributed by atoms with E-state index in [0.717, 1.165) is 28.0 Å². The standard InChI is InChI=1S/C22H22N6/c1-2-4-20-19(3-1)22(26-24-20)21-13-28(27-25-21)18-9-5-14(6-10-18)15-11-16-7-8-17(12-15)23-16/h1-6,9-10,13,15-17,23H,7-8,11-12H2,(H,24,26)/t15-,16-,17+. The lowest BCUT2D eigenvalue weighted by Crippen LogP contribution is -2.37. The number of nitrogens with zero attached hydrogens (tertiary/aromatic N) is 4. The van der Waals surface area contributed by atoms with Crippen molar-refractivity contribution in [3.8, 4) is 17.1 Å². The number of aromatic amines is 1. The molecule has 0 radical (unpaired) electrons. The van der Waals surface area contributed by atoms with Gasteiger partial charge < -0.3 is 5.32 Å². The smallest absolute Gasteiger partial charge is 0.134 e. The first-order chi connectivity index (χ1) is 13.8. The molecule has 28 heavy (non-hydrogen) atoms. The average Bonchev–Trinajstić information content (AvgIpc) is 3.46. The molecule has 0 amide bonds. The fourth-order valence-corrected chi connectivity index (χ4v) is 4.89. The van der Waals surface area contributed by atoms with Crippen LogP contribution in [0.5, 0.6) is 0 Å². The Morgan fingerprint density at radius 2 is 1.71 bits per heavy atom. The van der Waals surface area contributed by atoms with Crippen LogP contribution in [0.4, 0.5) is 0 Å². The molecule has 6 rings (SSSR count). The lowest BCUT2D eigenvalue weighted by molar-refractivity contribution is 0.363. The van der Waals surface area contributed by atoms with Crippen LogP contribution in [0.3, 0.4) is 0 Å². The number of aromatic nitrogens is 5. The van der Waals surface area contributed by atoms with Crippen molar-refractivity contribution in [1.29, 1.82) is 0 Å². The normalized spacial score (nSPS) is 24.1. The van der Waals surface area contributed by atoms with E-state index in [1.165, 1.54) is 31.2 Å². The van der Waals surface area contributed by atoms with Gasteiger partial charge in [0, 0.05) is 17.5 Å². The Balaban J connectivity index is 1.27. The largest absolute Gasteiger partial charge is 0.311 e. The highest BCUT2D eigenvalue weighted by atomic mass is 15.4. The second-order valence-corrected chi connectivity index (χ2v) is 8.06. The molecule has 0 unspecified atom stereocenters. The molecule has 2 N–H and O–H groups in total. The Morgan fingerprint density at radius 1 is 0.929 bits per heavy atom. The van der Waals surface area contributed by atoms with E-state index >= 15 is 0 Å². The molecule has 0 saturated carbocycles. The zero-order valence-corrected chi connectivity index (χ0v) is 15.5. The Morgan fingerprint density at radius 3 is 2.54 bits per heavy atom. The van der Waals surface area contributed by atoms with Crippen molar-refractivity contribution in [3.05, 3.63) is 60.3 Å².